The van der Waals surface area contributed by atoms with Gasteiger partial charge in [-0.1, -0.05) is 0 Å². The molecule has 0 saturated carbocycles. The van der Waals surface area contributed by atoms with Crippen LogP contribution in [-0.2, 0) is 9.84 Å². The molecular weight excluding hydrogens is 633 g/mol. The van der Waals surface area contributed by atoms with Crippen LogP contribution in [0.1, 0.15) is 11.1 Å². The number of hydrogen-bond donors (Lipinski definition) is 0. The van der Waals surface area contributed by atoms with Crippen LogP contribution >= 0.6 is 0 Å². The van der Waals surface area contributed by atoms with Gasteiger partial charge in [-0.3, -0.25) is 0 Å². The Morgan fingerprint density at radius 3 is 1.65 bits per heavy atom. The molecule has 0 aromatic heterocycles. The molecule has 0 radical (unpaired) electrons. The van der Waals surface area contributed by atoms with Crippen molar-refractivity contribution in [3.8, 4) is 11.1 Å². The number of fused-ring (bicyclic) bond motifs is 1. The van der Waals surface area contributed by atoms with Crippen molar-refractivity contribution < 1.29 is 8.42 Å². The van der Waals surface area contributed by atoms with Crippen molar-refractivity contribution in [3.05, 3.63) is 126 Å². The van der Waals surface area contributed by atoms with E-state index < -0.39 is 31.6 Å². The number of rotatable bonds is 5. The van der Waals surface area contributed by atoms with Crippen LogP contribution in [0.4, 0.5) is 0 Å². The molecule has 0 amide bonds. The number of aryl methyl sites for hydroxylation is 2. The summed E-state index contributed by atoms with van der Waals surface area (Å²) in [5.41, 5.74) is 4.17. The van der Waals surface area contributed by atoms with Gasteiger partial charge >= 0.3 is 211 Å². The normalized spacial score (nSPS) is 11.7. The Morgan fingerprint density at radius 1 is 0.588 bits per heavy atom. The third-order valence-electron chi connectivity index (χ3n) is 5.99. The van der Waals surface area contributed by atoms with Crippen molar-refractivity contribution in [2.75, 3.05) is 0 Å². The minimum atomic E-state index is -3.71. The fraction of sp³-hybridized carbons (Fsp3) is 0.0667. The van der Waals surface area contributed by atoms with Gasteiger partial charge in [-0.15, -0.1) is 0 Å². The van der Waals surface area contributed by atoms with E-state index in [1.807, 2.05) is 36.4 Å². The van der Waals surface area contributed by atoms with Gasteiger partial charge in [-0.2, -0.15) is 0 Å². The molecule has 4 heteroatoms. The second kappa shape index (κ2) is 9.45. The Kier molecular flexibility index (Phi) is 6.38. The van der Waals surface area contributed by atoms with Crippen LogP contribution in [0.3, 0.4) is 0 Å². The first-order valence-corrected chi connectivity index (χ1v) is 17.9. The first-order chi connectivity index (χ1) is 16.4. The minimum absolute atomic E-state index is 0.340. The van der Waals surface area contributed by atoms with Crippen molar-refractivity contribution in [2.45, 2.75) is 23.6 Å². The SMILES string of the molecule is Cc1cc[c]([Bi]([c]2ccc(C)cc2)[c]2cc3cccccc-3c2S(=O)(=O)c2ccccc2)cc1. The second-order valence-electron chi connectivity index (χ2n) is 8.46. The summed E-state index contributed by atoms with van der Waals surface area (Å²) in [6.07, 6.45) is 0. The van der Waals surface area contributed by atoms with Crippen LogP contribution < -0.4 is 9.81 Å². The van der Waals surface area contributed by atoms with Crippen molar-refractivity contribution in [3.63, 3.8) is 0 Å². The summed E-state index contributed by atoms with van der Waals surface area (Å²) in [6.45, 7) is 4.17. The van der Waals surface area contributed by atoms with Gasteiger partial charge in [0.25, 0.3) is 0 Å². The van der Waals surface area contributed by atoms with Crippen LogP contribution in [0.15, 0.2) is 125 Å². The Hall–Kier alpha value is -2.81. The fourth-order valence-electron chi connectivity index (χ4n) is 4.23. The predicted molar refractivity (Wildman–Crippen MR) is 142 cm³/mol. The summed E-state index contributed by atoms with van der Waals surface area (Å²) in [7, 11) is -3.71. The number of benzene rings is 3. The molecule has 0 saturated heterocycles. The number of hydrogen-bond acceptors (Lipinski definition) is 2. The zero-order valence-electron chi connectivity index (χ0n) is 19.1. The Labute approximate surface area is 209 Å². The number of sulfone groups is 1. The summed E-state index contributed by atoms with van der Waals surface area (Å²) >= 11 is -2.97. The van der Waals surface area contributed by atoms with Crippen LogP contribution in [0.2, 0.25) is 0 Å². The molecule has 34 heavy (non-hydrogen) atoms. The molecule has 0 atom stereocenters. The van der Waals surface area contributed by atoms with E-state index in [9.17, 15) is 8.42 Å². The molecule has 0 heterocycles. The second-order valence-corrected chi connectivity index (χ2v) is 18.8. The van der Waals surface area contributed by atoms with Crippen LogP contribution in [0.5, 0.6) is 0 Å². The maximum absolute atomic E-state index is 14.1. The van der Waals surface area contributed by atoms with E-state index in [1.165, 1.54) is 17.7 Å². The van der Waals surface area contributed by atoms with E-state index in [4.69, 9.17) is 0 Å². The molecule has 3 aromatic carbocycles. The van der Waals surface area contributed by atoms with Crippen LogP contribution in [0, 0.1) is 13.8 Å². The Bertz CT molecular complexity index is 1460. The van der Waals surface area contributed by atoms with Gasteiger partial charge in [0.05, 0.1) is 0 Å². The van der Waals surface area contributed by atoms with Gasteiger partial charge < -0.3 is 0 Å². The first kappa shape index (κ1) is 23.0. The van der Waals surface area contributed by atoms with Gasteiger partial charge in [0, 0.05) is 0 Å². The summed E-state index contributed by atoms with van der Waals surface area (Å²) < 4.78 is 31.8. The fourth-order valence-corrected chi connectivity index (χ4v) is 17.1. The summed E-state index contributed by atoms with van der Waals surface area (Å²) in [4.78, 5) is 0.816. The maximum atomic E-state index is 14.1. The van der Waals surface area contributed by atoms with Crippen molar-refractivity contribution >= 4 is 41.4 Å². The third kappa shape index (κ3) is 4.33. The molecule has 0 unspecified atom stereocenters. The zero-order chi connectivity index (χ0) is 23.7. The van der Waals surface area contributed by atoms with E-state index in [0.29, 0.717) is 9.79 Å². The summed E-state index contributed by atoms with van der Waals surface area (Å²) in [5.74, 6) is 0. The molecule has 2 nitrogen and oxygen atoms in total. The summed E-state index contributed by atoms with van der Waals surface area (Å²) in [6, 6.07) is 38.1. The Balaban J connectivity index is 1.85. The molecule has 0 bridgehead atoms. The molecule has 168 valence electrons. The van der Waals surface area contributed by atoms with Gasteiger partial charge in [-0.05, 0) is 0 Å². The Morgan fingerprint density at radius 2 is 1.09 bits per heavy atom. The van der Waals surface area contributed by atoms with Gasteiger partial charge in [0.15, 0.2) is 0 Å². The van der Waals surface area contributed by atoms with Crippen molar-refractivity contribution in [2.24, 2.45) is 0 Å². The molecule has 0 fully saturated rings. The van der Waals surface area contributed by atoms with Crippen molar-refractivity contribution in [1.82, 2.24) is 0 Å². The average Bonchev–Trinajstić information content (AvgIpc) is 3.05. The standard InChI is InChI=1S/C16H11O2S.2C7H7.Bi/c17-19(18,14-8-4-2-5-9-14)16-12-11-13-7-3-1-6-10-15(13)16;2*1-7-5-3-2-4-6-7;/h1-11H;2*3-6H,1H3;. The van der Waals surface area contributed by atoms with Crippen LogP contribution in [-0.4, -0.2) is 30.2 Å². The third-order valence-corrected chi connectivity index (χ3v) is 18.1. The molecule has 0 aliphatic heterocycles. The van der Waals surface area contributed by atoms with Gasteiger partial charge in [-0.25, -0.2) is 0 Å². The van der Waals surface area contributed by atoms with Crippen LogP contribution in [0.25, 0.3) is 11.1 Å². The van der Waals surface area contributed by atoms with E-state index in [1.54, 1.807) is 24.3 Å². The van der Waals surface area contributed by atoms with Gasteiger partial charge in [0.1, 0.15) is 0 Å². The topological polar surface area (TPSA) is 34.1 Å². The van der Waals surface area contributed by atoms with Gasteiger partial charge in [0.2, 0.25) is 0 Å². The van der Waals surface area contributed by atoms with Crippen molar-refractivity contribution in [1.29, 1.82) is 0 Å². The molecule has 0 N–H and O–H groups in total. The molecule has 2 aliphatic carbocycles. The monoisotopic (exact) mass is 658 g/mol. The predicted octanol–water partition coefficient (Wildman–Crippen LogP) is 4.76. The summed E-state index contributed by atoms with van der Waals surface area (Å²) in [5, 5.41) is 0. The quantitative estimate of drug-likeness (QED) is 0.256. The molecule has 2 aliphatic rings. The molecule has 3 aromatic rings. The van der Waals surface area contributed by atoms with E-state index in [2.05, 4.69) is 68.4 Å². The van der Waals surface area contributed by atoms with E-state index in [-0.39, 0.29) is 0 Å². The molecule has 0 spiro atoms. The molecule has 5 rings (SSSR count). The first-order valence-electron chi connectivity index (χ1n) is 11.2. The average molecular weight is 659 g/mol. The van der Waals surface area contributed by atoms with E-state index >= 15 is 0 Å². The zero-order valence-corrected chi connectivity index (χ0v) is 23.4. The van der Waals surface area contributed by atoms with E-state index in [0.717, 1.165) is 14.4 Å². The molecular formula is C30H25BiO2S.